The minimum absolute atomic E-state index is 0.0561. The molecule has 0 N–H and O–H groups in total. The van der Waals surface area contributed by atoms with Crippen molar-refractivity contribution in [1.82, 2.24) is 14.8 Å². The number of nitrogens with zero attached hydrogens (tertiary/aromatic N) is 3. The van der Waals surface area contributed by atoms with Gasteiger partial charge >= 0.3 is 5.97 Å². The Morgan fingerprint density at radius 2 is 1.70 bits per heavy atom. The number of carbonyl (C=O) groups is 4. The number of fused-ring (bicyclic) bond motifs is 2. The molecule has 1 aliphatic rings. The second kappa shape index (κ2) is 7.53. The molecule has 9 heteroatoms. The van der Waals surface area contributed by atoms with Crippen molar-refractivity contribution < 1.29 is 28.8 Å². The van der Waals surface area contributed by atoms with Crippen molar-refractivity contribution in [3.8, 4) is 0 Å². The van der Waals surface area contributed by atoms with E-state index >= 15 is 0 Å². The van der Waals surface area contributed by atoms with Crippen molar-refractivity contribution in [2.75, 3.05) is 6.61 Å². The number of carbonyl (C=O) groups excluding carboxylic acids is 4. The molecule has 9 nitrogen and oxygen atoms in total. The van der Waals surface area contributed by atoms with Crippen LogP contribution in [0.1, 0.15) is 43.6 Å². The average Bonchev–Trinajstić information content (AvgIpc) is 3.24. The second-order valence-corrected chi connectivity index (χ2v) is 6.57. The third kappa shape index (κ3) is 3.05. The summed E-state index contributed by atoms with van der Waals surface area (Å²) < 4.78 is 6.41. The predicted molar refractivity (Wildman–Crippen MR) is 103 cm³/mol. The highest BCUT2D eigenvalue weighted by atomic mass is 16.7. The molecule has 0 saturated carbocycles. The number of hydroxylamine groups is 2. The van der Waals surface area contributed by atoms with Gasteiger partial charge in [0, 0.05) is 23.6 Å². The minimum atomic E-state index is -0.997. The molecule has 0 spiro atoms. The van der Waals surface area contributed by atoms with Crippen molar-refractivity contribution in [2.24, 2.45) is 7.05 Å². The summed E-state index contributed by atoms with van der Waals surface area (Å²) in [6, 6.07) is 9.51. The molecule has 152 valence electrons. The Kier molecular flexibility index (Phi) is 4.88. The van der Waals surface area contributed by atoms with Gasteiger partial charge in [-0.3, -0.25) is 23.9 Å². The lowest BCUT2D eigenvalue weighted by Crippen LogP contribution is -2.30. The summed E-state index contributed by atoms with van der Waals surface area (Å²) in [6.07, 6.45) is 1.53. The number of aryl methyl sites for hydroxylation is 1. The van der Waals surface area contributed by atoms with E-state index < -0.39 is 23.6 Å². The van der Waals surface area contributed by atoms with Gasteiger partial charge in [-0.25, -0.2) is 4.79 Å². The minimum Gasteiger partial charge on any atom is -0.460 e. The molecule has 1 aliphatic heterocycles. The summed E-state index contributed by atoms with van der Waals surface area (Å²) in [6.45, 7) is 1.36. The van der Waals surface area contributed by atoms with Crippen LogP contribution in [-0.2, 0) is 28.0 Å². The quantitative estimate of drug-likeness (QED) is 0.266. The van der Waals surface area contributed by atoms with Crippen molar-refractivity contribution >= 4 is 34.5 Å². The lowest BCUT2D eigenvalue weighted by Gasteiger charge is -2.16. The summed E-state index contributed by atoms with van der Waals surface area (Å²) in [5.74, 6) is -3.02. The van der Waals surface area contributed by atoms with Crippen LogP contribution >= 0.6 is 0 Å². The first kappa shape index (κ1) is 19.5. The maximum Gasteiger partial charge on any atom is 0.379 e. The Balaban J connectivity index is 1.69. The number of Topliss-reactive ketones (excluding diaryl/α,β-unsaturated/α-hetero) is 1. The van der Waals surface area contributed by atoms with Crippen molar-refractivity contribution in [3.63, 3.8) is 0 Å². The molecular weight excluding hydrogens is 390 g/mol. The van der Waals surface area contributed by atoms with Crippen LogP contribution in [0.4, 0.5) is 0 Å². The number of hydrogen-bond donors (Lipinski definition) is 0. The first-order valence-electron chi connectivity index (χ1n) is 9.19. The van der Waals surface area contributed by atoms with E-state index in [0.29, 0.717) is 21.5 Å². The zero-order valence-electron chi connectivity index (χ0n) is 16.2. The summed E-state index contributed by atoms with van der Waals surface area (Å²) in [5, 5.41) is 5.39. The molecule has 2 aromatic carbocycles. The zero-order valence-corrected chi connectivity index (χ0v) is 16.2. The van der Waals surface area contributed by atoms with Gasteiger partial charge in [0.15, 0.2) is 0 Å². The number of hydrogen-bond acceptors (Lipinski definition) is 7. The maximum absolute atomic E-state index is 12.6. The summed E-state index contributed by atoms with van der Waals surface area (Å²) in [7, 11) is 1.73. The largest absolute Gasteiger partial charge is 0.460 e. The van der Waals surface area contributed by atoms with E-state index in [-0.39, 0.29) is 29.9 Å². The van der Waals surface area contributed by atoms with Gasteiger partial charge in [0.05, 0.1) is 29.4 Å². The van der Waals surface area contributed by atoms with Crippen LogP contribution in [-0.4, -0.2) is 45.0 Å². The number of aromatic nitrogens is 2. The van der Waals surface area contributed by atoms with Gasteiger partial charge in [0.2, 0.25) is 0 Å². The Bertz CT molecular complexity index is 1180. The zero-order chi connectivity index (χ0) is 21.4. The van der Waals surface area contributed by atoms with Crippen LogP contribution < -0.4 is 0 Å². The number of imide groups is 1. The molecule has 0 unspecified atom stereocenters. The monoisotopic (exact) mass is 407 g/mol. The first-order chi connectivity index (χ1) is 14.4. The van der Waals surface area contributed by atoms with Gasteiger partial charge in [0.1, 0.15) is 6.61 Å². The molecule has 3 aromatic rings. The number of ether oxygens (including phenoxy) is 1. The first-order valence-corrected chi connectivity index (χ1v) is 9.19. The van der Waals surface area contributed by atoms with Crippen molar-refractivity contribution in [1.29, 1.82) is 0 Å². The smallest absolute Gasteiger partial charge is 0.379 e. The molecule has 0 atom stereocenters. The lowest BCUT2D eigenvalue weighted by molar-refractivity contribution is -0.137. The molecule has 4 rings (SSSR count). The standard InChI is InChI=1S/C21H17N3O6/c1-3-29-21(28)18(25)12-8-9-17-15(10-22-23(17)2)16(12)11-30-24-19(26)13-6-4-5-7-14(13)20(24)27/h4-10H,3,11H2,1-2H3. The van der Waals surface area contributed by atoms with Gasteiger partial charge in [-0.15, -0.1) is 5.06 Å². The topological polar surface area (TPSA) is 108 Å². The van der Waals surface area contributed by atoms with E-state index in [1.807, 2.05) is 0 Å². The third-order valence-corrected chi connectivity index (χ3v) is 4.84. The van der Waals surface area contributed by atoms with Gasteiger partial charge in [-0.2, -0.15) is 5.10 Å². The molecule has 0 bridgehead atoms. The highest BCUT2D eigenvalue weighted by molar-refractivity contribution is 6.41. The van der Waals surface area contributed by atoms with Gasteiger partial charge in [-0.1, -0.05) is 12.1 Å². The maximum atomic E-state index is 12.6. The van der Waals surface area contributed by atoms with Crippen LogP contribution in [0.3, 0.4) is 0 Å². The highest BCUT2D eigenvalue weighted by Gasteiger charge is 2.37. The molecule has 1 aromatic heterocycles. The van der Waals surface area contributed by atoms with Crippen LogP contribution in [0.15, 0.2) is 42.6 Å². The highest BCUT2D eigenvalue weighted by Crippen LogP contribution is 2.27. The van der Waals surface area contributed by atoms with Crippen molar-refractivity contribution in [3.05, 3.63) is 64.8 Å². The van der Waals surface area contributed by atoms with E-state index in [1.54, 1.807) is 36.9 Å². The SMILES string of the molecule is CCOC(=O)C(=O)c1ccc2c(cnn2C)c1CON1C(=O)c2ccccc2C1=O. The Morgan fingerprint density at radius 3 is 2.33 bits per heavy atom. The lowest BCUT2D eigenvalue weighted by atomic mass is 10.0. The Hall–Kier alpha value is -3.85. The fourth-order valence-electron chi connectivity index (χ4n) is 3.37. The average molecular weight is 407 g/mol. The van der Waals surface area contributed by atoms with E-state index in [2.05, 4.69) is 5.10 Å². The van der Waals surface area contributed by atoms with Crippen molar-refractivity contribution in [2.45, 2.75) is 13.5 Å². The third-order valence-electron chi connectivity index (χ3n) is 4.84. The summed E-state index contributed by atoms with van der Waals surface area (Å²) in [4.78, 5) is 55.2. The van der Waals surface area contributed by atoms with E-state index in [9.17, 15) is 19.2 Å². The van der Waals surface area contributed by atoms with Crippen LogP contribution in [0, 0.1) is 0 Å². The number of ketones is 1. The van der Waals surface area contributed by atoms with Crippen LogP contribution in [0.2, 0.25) is 0 Å². The number of amides is 2. The second-order valence-electron chi connectivity index (χ2n) is 6.57. The molecule has 0 fully saturated rings. The van der Waals surface area contributed by atoms with Gasteiger partial charge in [0.25, 0.3) is 17.6 Å². The predicted octanol–water partition coefficient (Wildman–Crippen LogP) is 2.05. The number of esters is 1. The molecule has 0 saturated heterocycles. The van der Waals surface area contributed by atoms with Gasteiger partial charge < -0.3 is 4.74 Å². The molecular formula is C21H17N3O6. The van der Waals surface area contributed by atoms with Crippen LogP contribution in [0.5, 0.6) is 0 Å². The summed E-state index contributed by atoms with van der Waals surface area (Å²) >= 11 is 0. The molecule has 0 radical (unpaired) electrons. The fourth-order valence-corrected chi connectivity index (χ4v) is 3.37. The van der Waals surface area contributed by atoms with E-state index in [1.165, 1.54) is 24.4 Å². The number of benzene rings is 2. The fraction of sp³-hybridized carbons (Fsp3) is 0.190. The van der Waals surface area contributed by atoms with E-state index in [4.69, 9.17) is 9.57 Å². The number of rotatable bonds is 6. The summed E-state index contributed by atoms with van der Waals surface area (Å²) in [5.41, 5.74) is 1.56. The normalized spacial score (nSPS) is 13.1. The Morgan fingerprint density at radius 1 is 1.03 bits per heavy atom. The van der Waals surface area contributed by atoms with Crippen LogP contribution in [0.25, 0.3) is 10.9 Å². The van der Waals surface area contributed by atoms with E-state index in [0.717, 1.165) is 0 Å². The van der Waals surface area contributed by atoms with Gasteiger partial charge in [-0.05, 0) is 31.2 Å². The molecule has 2 heterocycles. The molecule has 0 aliphatic carbocycles. The molecule has 30 heavy (non-hydrogen) atoms. The Labute approximate surface area is 170 Å². The molecule has 2 amide bonds.